The molecule has 1 aromatic rings. The maximum absolute atomic E-state index is 11.6. The van der Waals surface area contributed by atoms with Crippen molar-refractivity contribution in [3.8, 4) is 0 Å². The summed E-state index contributed by atoms with van der Waals surface area (Å²) in [5.74, 6) is 0. The second-order valence-electron chi connectivity index (χ2n) is 4.76. The first-order chi connectivity index (χ1) is 8.20. The van der Waals surface area contributed by atoms with Gasteiger partial charge < -0.3 is 4.74 Å². The summed E-state index contributed by atoms with van der Waals surface area (Å²) >= 11 is 3.49. The number of anilines is 1. The van der Waals surface area contributed by atoms with E-state index in [2.05, 4.69) is 27.3 Å². The molecule has 0 aromatic heterocycles. The van der Waals surface area contributed by atoms with Crippen LogP contribution in [0, 0.1) is 0 Å². The maximum atomic E-state index is 11.6. The third kappa shape index (κ3) is 1.84. The number of benzene rings is 1. The van der Waals surface area contributed by atoms with Gasteiger partial charge in [0.1, 0.15) is 5.60 Å². The number of ether oxygens (including phenoxy) is 1. The third-order valence-corrected chi connectivity index (χ3v) is 4.15. The van der Waals surface area contributed by atoms with Crippen LogP contribution in [0.4, 0.5) is 10.5 Å². The van der Waals surface area contributed by atoms with Crippen LogP contribution in [-0.2, 0) is 10.3 Å². The molecule has 1 spiro atoms. The lowest BCUT2D eigenvalue weighted by molar-refractivity contribution is -0.0179. The molecule has 1 saturated carbocycles. The Hall–Kier alpha value is -1.03. The molecule has 1 aromatic carbocycles. The molecule has 0 saturated heterocycles. The molecule has 1 aliphatic heterocycles. The lowest BCUT2D eigenvalue weighted by Crippen LogP contribution is -2.40. The average Bonchev–Trinajstić information content (AvgIpc) is 2.31. The number of halogens is 1. The molecule has 1 fully saturated rings. The van der Waals surface area contributed by atoms with E-state index in [-0.39, 0.29) is 11.7 Å². The fourth-order valence-corrected chi connectivity index (χ4v) is 3.23. The summed E-state index contributed by atoms with van der Waals surface area (Å²) in [4.78, 5) is 11.6. The summed E-state index contributed by atoms with van der Waals surface area (Å²) in [5.41, 5.74) is 1.62. The van der Waals surface area contributed by atoms with Gasteiger partial charge in [-0.05, 0) is 43.9 Å². The van der Waals surface area contributed by atoms with Crippen molar-refractivity contribution >= 4 is 27.7 Å². The highest BCUT2D eigenvalue weighted by atomic mass is 79.9. The predicted molar refractivity (Wildman–Crippen MR) is 69.0 cm³/mol. The Labute approximate surface area is 109 Å². The minimum atomic E-state index is -0.389. The molecule has 1 amide bonds. The van der Waals surface area contributed by atoms with Gasteiger partial charge in [0.15, 0.2) is 0 Å². The largest absolute Gasteiger partial charge is 0.438 e. The van der Waals surface area contributed by atoms with E-state index in [0.717, 1.165) is 41.4 Å². The summed E-state index contributed by atoms with van der Waals surface area (Å²) in [5, 5.41) is 2.78. The van der Waals surface area contributed by atoms with E-state index in [1.54, 1.807) is 0 Å². The number of amides is 1. The van der Waals surface area contributed by atoms with E-state index in [0.29, 0.717) is 0 Å². The van der Waals surface area contributed by atoms with Gasteiger partial charge in [-0.1, -0.05) is 22.4 Å². The van der Waals surface area contributed by atoms with Gasteiger partial charge in [0.2, 0.25) is 0 Å². The van der Waals surface area contributed by atoms with Crippen LogP contribution in [0.5, 0.6) is 0 Å². The van der Waals surface area contributed by atoms with Crippen molar-refractivity contribution in [1.82, 2.24) is 0 Å². The van der Waals surface area contributed by atoms with Crippen molar-refractivity contribution in [3.05, 3.63) is 28.2 Å². The third-order valence-electron chi connectivity index (χ3n) is 3.66. The lowest BCUT2D eigenvalue weighted by atomic mass is 9.78. The van der Waals surface area contributed by atoms with Crippen molar-refractivity contribution in [2.45, 2.75) is 37.7 Å². The molecule has 0 unspecified atom stereocenters. The first-order valence-corrected chi connectivity index (χ1v) is 6.79. The average molecular weight is 296 g/mol. The minimum absolute atomic E-state index is 0.318. The van der Waals surface area contributed by atoms with Crippen LogP contribution in [-0.4, -0.2) is 6.09 Å². The van der Waals surface area contributed by atoms with Crippen molar-refractivity contribution in [2.75, 3.05) is 5.32 Å². The van der Waals surface area contributed by atoms with Crippen molar-refractivity contribution < 1.29 is 9.53 Å². The van der Waals surface area contributed by atoms with E-state index >= 15 is 0 Å². The Morgan fingerprint density at radius 3 is 2.76 bits per heavy atom. The Morgan fingerprint density at radius 1 is 1.24 bits per heavy atom. The molecule has 0 radical (unpaired) electrons. The minimum Gasteiger partial charge on any atom is -0.438 e. The molecule has 3 rings (SSSR count). The maximum Gasteiger partial charge on any atom is 0.412 e. The van der Waals surface area contributed by atoms with Gasteiger partial charge in [-0.3, -0.25) is 5.32 Å². The molecule has 3 nitrogen and oxygen atoms in total. The van der Waals surface area contributed by atoms with Gasteiger partial charge in [0, 0.05) is 10.0 Å². The number of hydrogen-bond donors (Lipinski definition) is 1. The monoisotopic (exact) mass is 295 g/mol. The summed E-state index contributed by atoms with van der Waals surface area (Å²) in [6.07, 6.45) is 5.03. The summed E-state index contributed by atoms with van der Waals surface area (Å²) in [6.45, 7) is 0. The molecule has 90 valence electrons. The van der Waals surface area contributed by atoms with Crippen molar-refractivity contribution in [3.63, 3.8) is 0 Å². The van der Waals surface area contributed by atoms with Crippen molar-refractivity contribution in [1.29, 1.82) is 0 Å². The van der Waals surface area contributed by atoms with Crippen molar-refractivity contribution in [2.24, 2.45) is 0 Å². The Morgan fingerprint density at radius 2 is 2.00 bits per heavy atom. The quantitative estimate of drug-likeness (QED) is 0.780. The van der Waals surface area contributed by atoms with E-state index in [1.807, 2.05) is 12.1 Å². The molecule has 0 bridgehead atoms. The molecule has 4 heteroatoms. The van der Waals surface area contributed by atoms with Gasteiger partial charge in [0.25, 0.3) is 0 Å². The number of nitrogens with one attached hydrogen (secondary N) is 1. The summed E-state index contributed by atoms with van der Waals surface area (Å²) in [7, 11) is 0. The van der Waals surface area contributed by atoms with Crippen LogP contribution in [0.25, 0.3) is 0 Å². The highest BCUT2D eigenvalue weighted by molar-refractivity contribution is 9.10. The van der Waals surface area contributed by atoms with Crippen LogP contribution in [0.2, 0.25) is 0 Å². The van der Waals surface area contributed by atoms with Gasteiger partial charge in [-0.25, -0.2) is 4.79 Å². The Balaban J connectivity index is 2.11. The predicted octanol–water partition coefficient (Wildman–Crippen LogP) is 4.17. The normalized spacial score (nSPS) is 21.6. The fraction of sp³-hybridized carbons (Fsp3) is 0.462. The first kappa shape index (κ1) is 11.1. The number of rotatable bonds is 0. The van der Waals surface area contributed by atoms with E-state index in [9.17, 15) is 4.79 Å². The molecular weight excluding hydrogens is 282 g/mol. The molecule has 1 N–H and O–H groups in total. The number of hydrogen-bond acceptors (Lipinski definition) is 2. The van der Waals surface area contributed by atoms with E-state index in [4.69, 9.17) is 4.74 Å². The highest BCUT2D eigenvalue weighted by Crippen LogP contribution is 2.46. The zero-order valence-corrected chi connectivity index (χ0v) is 11.0. The van der Waals surface area contributed by atoms with Crippen LogP contribution < -0.4 is 5.32 Å². The second-order valence-corrected chi connectivity index (χ2v) is 5.68. The SMILES string of the molecule is O=C1Nc2ccc(Br)cc2C2(CCCCC2)O1. The highest BCUT2D eigenvalue weighted by Gasteiger charge is 2.42. The van der Waals surface area contributed by atoms with Crippen LogP contribution in [0.1, 0.15) is 37.7 Å². The number of carbonyl (C=O) groups is 1. The molecule has 0 atom stereocenters. The van der Waals surface area contributed by atoms with Crippen LogP contribution in [0.15, 0.2) is 22.7 Å². The van der Waals surface area contributed by atoms with E-state index in [1.165, 1.54) is 6.42 Å². The topological polar surface area (TPSA) is 38.3 Å². The zero-order chi connectivity index (χ0) is 11.9. The summed E-state index contributed by atoms with van der Waals surface area (Å²) < 4.78 is 6.65. The zero-order valence-electron chi connectivity index (χ0n) is 9.46. The standard InChI is InChI=1S/C13H14BrNO2/c14-9-4-5-11-10(8-9)13(17-12(16)15-11)6-2-1-3-7-13/h4-5,8H,1-3,6-7H2,(H,15,16). The number of carbonyl (C=O) groups excluding carboxylic acids is 1. The Bertz CT molecular complexity index is 466. The molecule has 1 aliphatic carbocycles. The Kier molecular flexibility index (Phi) is 2.62. The molecular formula is C13H14BrNO2. The summed E-state index contributed by atoms with van der Waals surface area (Å²) in [6, 6.07) is 5.96. The van der Waals surface area contributed by atoms with E-state index < -0.39 is 0 Å². The van der Waals surface area contributed by atoms with Gasteiger partial charge in [-0.15, -0.1) is 0 Å². The molecule has 1 heterocycles. The van der Waals surface area contributed by atoms with Crippen LogP contribution >= 0.6 is 15.9 Å². The van der Waals surface area contributed by atoms with Gasteiger partial charge >= 0.3 is 6.09 Å². The molecule has 17 heavy (non-hydrogen) atoms. The first-order valence-electron chi connectivity index (χ1n) is 6.00. The lowest BCUT2D eigenvalue weighted by Gasteiger charge is -2.41. The fourth-order valence-electron chi connectivity index (χ4n) is 2.86. The smallest absolute Gasteiger partial charge is 0.412 e. The van der Waals surface area contributed by atoms with Gasteiger partial charge in [0.05, 0.1) is 5.69 Å². The number of fused-ring (bicyclic) bond motifs is 2. The van der Waals surface area contributed by atoms with Crippen LogP contribution in [0.3, 0.4) is 0 Å². The molecule has 2 aliphatic rings. The van der Waals surface area contributed by atoms with Gasteiger partial charge in [-0.2, -0.15) is 0 Å². The second kappa shape index (κ2) is 4.02.